The van der Waals surface area contributed by atoms with Crippen LogP contribution in [-0.2, 0) is 9.84 Å². The number of nitrogens with two attached hydrogens (primary N) is 1. The van der Waals surface area contributed by atoms with Crippen molar-refractivity contribution < 1.29 is 22.3 Å². The van der Waals surface area contributed by atoms with Gasteiger partial charge in [-0.05, 0) is 19.0 Å². The van der Waals surface area contributed by atoms with E-state index in [2.05, 4.69) is 15.4 Å². The number of ether oxygens (including phenoxy) is 1. The van der Waals surface area contributed by atoms with Crippen LogP contribution in [0.15, 0.2) is 24.7 Å². The number of rotatable bonds is 5. The summed E-state index contributed by atoms with van der Waals surface area (Å²) >= 11 is 0. The van der Waals surface area contributed by atoms with Crippen molar-refractivity contribution in [1.29, 1.82) is 0 Å². The Morgan fingerprint density at radius 1 is 1.31 bits per heavy atom. The van der Waals surface area contributed by atoms with Gasteiger partial charge in [-0.1, -0.05) is 0 Å². The van der Waals surface area contributed by atoms with E-state index in [9.17, 15) is 17.6 Å². The average Bonchev–Trinajstić information content (AvgIpc) is 3.11. The van der Waals surface area contributed by atoms with Gasteiger partial charge in [0.1, 0.15) is 17.8 Å². The highest BCUT2D eigenvalue weighted by atomic mass is 35.5. The smallest absolute Gasteiger partial charge is 0.254 e. The molecule has 0 spiro atoms. The Morgan fingerprint density at radius 2 is 2.07 bits per heavy atom. The van der Waals surface area contributed by atoms with Gasteiger partial charge in [0.05, 0.1) is 23.7 Å². The van der Waals surface area contributed by atoms with E-state index >= 15 is 0 Å². The molecular formula is C17H21ClFN5O4S. The van der Waals surface area contributed by atoms with Crippen LogP contribution in [-0.4, -0.2) is 66.0 Å². The highest BCUT2D eigenvalue weighted by Gasteiger charge is 2.35. The van der Waals surface area contributed by atoms with Gasteiger partial charge < -0.3 is 15.8 Å². The number of sulfone groups is 1. The van der Waals surface area contributed by atoms with Crippen molar-refractivity contribution in [2.45, 2.75) is 24.7 Å². The number of hydrogen-bond acceptors (Lipinski definition) is 7. The van der Waals surface area contributed by atoms with E-state index in [1.165, 1.54) is 12.3 Å². The molecule has 0 aromatic carbocycles. The number of halogens is 2. The second-order valence-electron chi connectivity index (χ2n) is 7.05. The summed E-state index contributed by atoms with van der Waals surface area (Å²) < 4.78 is 43.9. The number of carbonyl (C=O) groups is 1. The lowest BCUT2D eigenvalue weighted by Crippen LogP contribution is -2.44. The number of aromatic nitrogens is 3. The topological polar surface area (TPSA) is 129 Å². The number of alkyl halides is 1. The Labute approximate surface area is 173 Å². The van der Waals surface area contributed by atoms with E-state index in [1.807, 2.05) is 0 Å². The summed E-state index contributed by atoms with van der Waals surface area (Å²) in [5.41, 5.74) is 6.76. The maximum atomic E-state index is 14.0. The van der Waals surface area contributed by atoms with Crippen molar-refractivity contribution in [1.82, 2.24) is 20.1 Å². The van der Waals surface area contributed by atoms with Crippen LogP contribution in [0.3, 0.4) is 0 Å². The third kappa shape index (κ3) is 4.51. The van der Waals surface area contributed by atoms with Crippen LogP contribution < -0.4 is 15.8 Å². The minimum absolute atomic E-state index is 0. The molecule has 9 nitrogen and oxygen atoms in total. The Balaban J connectivity index is 0.00000240. The van der Waals surface area contributed by atoms with Gasteiger partial charge in [0.25, 0.3) is 5.91 Å². The van der Waals surface area contributed by atoms with Crippen LogP contribution >= 0.6 is 12.4 Å². The van der Waals surface area contributed by atoms with Crippen molar-refractivity contribution in [3.63, 3.8) is 0 Å². The van der Waals surface area contributed by atoms with Crippen molar-refractivity contribution >= 4 is 28.2 Å². The monoisotopic (exact) mass is 445 g/mol. The lowest BCUT2D eigenvalue weighted by Gasteiger charge is -2.27. The molecule has 2 aromatic heterocycles. The number of nitrogens with zero attached hydrogens (tertiary/aromatic N) is 3. The maximum absolute atomic E-state index is 14.0. The molecule has 2 atom stereocenters. The van der Waals surface area contributed by atoms with Gasteiger partial charge in [0.15, 0.2) is 9.84 Å². The van der Waals surface area contributed by atoms with Gasteiger partial charge in [0.2, 0.25) is 5.88 Å². The van der Waals surface area contributed by atoms with Crippen molar-refractivity contribution in [2.24, 2.45) is 5.73 Å². The summed E-state index contributed by atoms with van der Waals surface area (Å²) in [7, 11) is -2.96. The third-order valence-electron chi connectivity index (χ3n) is 4.93. The average molecular weight is 446 g/mol. The molecule has 29 heavy (non-hydrogen) atoms. The molecule has 0 unspecified atom stereocenters. The van der Waals surface area contributed by atoms with Gasteiger partial charge in [-0.3, -0.25) is 9.48 Å². The molecule has 4 rings (SSSR count). The van der Waals surface area contributed by atoms with Gasteiger partial charge in [-0.2, -0.15) is 5.10 Å². The Hall–Kier alpha value is -2.24. The third-order valence-corrected chi connectivity index (χ3v) is 6.71. The van der Waals surface area contributed by atoms with Gasteiger partial charge >= 0.3 is 0 Å². The molecule has 3 N–H and O–H groups in total. The van der Waals surface area contributed by atoms with Crippen molar-refractivity contribution in [3.05, 3.63) is 30.2 Å². The van der Waals surface area contributed by atoms with Crippen molar-refractivity contribution in [2.75, 3.05) is 24.6 Å². The summed E-state index contributed by atoms with van der Waals surface area (Å²) in [4.78, 5) is 16.1. The first-order valence-electron chi connectivity index (χ1n) is 8.88. The summed E-state index contributed by atoms with van der Waals surface area (Å²) in [6.45, 7) is 0.801. The van der Waals surface area contributed by atoms with Crippen LogP contribution in [0.25, 0.3) is 11.1 Å². The first-order valence-corrected chi connectivity index (χ1v) is 10.7. The number of amides is 1. The van der Waals surface area contributed by atoms with E-state index in [1.54, 1.807) is 17.1 Å². The number of piperidine rings is 1. The summed E-state index contributed by atoms with van der Waals surface area (Å²) in [5, 5.41) is 7.13. The molecule has 2 saturated heterocycles. The zero-order valence-corrected chi connectivity index (χ0v) is 17.0. The lowest BCUT2D eigenvalue weighted by molar-refractivity contribution is 0.0676. The first kappa shape index (κ1) is 21.5. The molecule has 2 aromatic rings. The number of primary amides is 1. The SMILES string of the molecule is Cl.NC(=O)c1cc(-c2cnn(C3CS(=O)(=O)C3)c2)cnc1O[C@@H]1CCNC[C@@H]1F. The molecule has 2 fully saturated rings. The van der Waals surface area contributed by atoms with Crippen LogP contribution in [0.4, 0.5) is 4.39 Å². The predicted molar refractivity (Wildman–Crippen MR) is 106 cm³/mol. The van der Waals surface area contributed by atoms with Crippen LogP contribution in [0.2, 0.25) is 0 Å². The molecule has 0 bridgehead atoms. The number of pyridine rings is 1. The highest BCUT2D eigenvalue weighted by molar-refractivity contribution is 7.92. The van der Waals surface area contributed by atoms with Gasteiger partial charge in [-0.15, -0.1) is 12.4 Å². The Morgan fingerprint density at radius 3 is 2.72 bits per heavy atom. The molecule has 2 aliphatic heterocycles. The quantitative estimate of drug-likeness (QED) is 0.686. The largest absolute Gasteiger partial charge is 0.471 e. The lowest BCUT2D eigenvalue weighted by atomic mass is 10.1. The fraction of sp³-hybridized carbons (Fsp3) is 0.471. The second kappa shape index (κ2) is 8.25. The zero-order chi connectivity index (χ0) is 19.9. The normalized spacial score (nSPS) is 23.6. The van der Waals surface area contributed by atoms with E-state index in [0.717, 1.165) is 0 Å². The molecule has 4 heterocycles. The van der Waals surface area contributed by atoms with E-state index < -0.39 is 28.0 Å². The minimum atomic E-state index is -2.96. The molecule has 1 amide bonds. The van der Waals surface area contributed by atoms with Gasteiger partial charge in [-0.25, -0.2) is 17.8 Å². The van der Waals surface area contributed by atoms with E-state index in [-0.39, 0.29) is 47.9 Å². The number of hydrogen-bond donors (Lipinski definition) is 2. The summed E-state index contributed by atoms with van der Waals surface area (Å²) in [5.74, 6) is -0.604. The zero-order valence-electron chi connectivity index (χ0n) is 15.3. The Kier molecular flexibility index (Phi) is 6.11. The first-order chi connectivity index (χ1) is 13.3. The second-order valence-corrected chi connectivity index (χ2v) is 9.20. The minimum Gasteiger partial charge on any atom is -0.471 e. The highest BCUT2D eigenvalue weighted by Crippen LogP contribution is 2.29. The number of carbonyl (C=O) groups excluding carboxylic acids is 1. The van der Waals surface area contributed by atoms with Gasteiger partial charge in [0, 0.05) is 30.1 Å². The molecule has 12 heteroatoms. The van der Waals surface area contributed by atoms with Crippen LogP contribution in [0.1, 0.15) is 22.8 Å². The molecule has 2 aliphatic rings. The molecule has 0 saturated carbocycles. The summed E-state index contributed by atoms with van der Waals surface area (Å²) in [6.07, 6.45) is 3.33. The molecular weight excluding hydrogens is 425 g/mol. The fourth-order valence-corrected chi connectivity index (χ4v) is 4.71. The predicted octanol–water partition coefficient (Wildman–Crippen LogP) is 0.514. The van der Waals surface area contributed by atoms with Crippen LogP contribution in [0, 0.1) is 0 Å². The molecule has 0 radical (unpaired) electrons. The fourth-order valence-electron chi connectivity index (χ4n) is 3.33. The van der Waals surface area contributed by atoms with E-state index in [4.69, 9.17) is 10.5 Å². The number of nitrogens with one attached hydrogen (secondary N) is 1. The Bertz CT molecular complexity index is 1000. The standard InChI is InChI=1S/C17H20FN5O4S.ClH/c18-14-6-20-2-1-15(14)27-17-13(16(19)24)3-10(4-21-17)11-5-22-23(7-11)12-8-28(25,26)9-12;/h3-5,7,12,14-15,20H,1-2,6,8-9H2,(H2,19,24);1H/t14-,15+;/m0./s1. The maximum Gasteiger partial charge on any atom is 0.254 e. The van der Waals surface area contributed by atoms with Crippen LogP contribution in [0.5, 0.6) is 5.88 Å². The molecule has 158 valence electrons. The summed E-state index contributed by atoms with van der Waals surface area (Å²) in [6, 6.07) is 1.34. The van der Waals surface area contributed by atoms with E-state index in [0.29, 0.717) is 24.1 Å². The molecule has 0 aliphatic carbocycles. The van der Waals surface area contributed by atoms with Crippen molar-refractivity contribution in [3.8, 4) is 17.0 Å².